The third kappa shape index (κ3) is 3.63. The zero-order valence-electron chi connectivity index (χ0n) is 9.62. The van der Waals surface area contributed by atoms with Gasteiger partial charge in [-0.05, 0) is 30.5 Å². The Balaban J connectivity index is 2.70. The van der Waals surface area contributed by atoms with Gasteiger partial charge in [0.05, 0.1) is 12.5 Å². The van der Waals surface area contributed by atoms with Crippen LogP contribution in [0, 0.1) is 11.3 Å². The van der Waals surface area contributed by atoms with Crippen LogP contribution in [-0.4, -0.2) is 6.04 Å². The highest BCUT2D eigenvalue weighted by molar-refractivity contribution is 5.47. The van der Waals surface area contributed by atoms with Crippen LogP contribution in [0.2, 0.25) is 0 Å². The quantitative estimate of drug-likeness (QED) is 0.810. The van der Waals surface area contributed by atoms with Gasteiger partial charge in [-0.15, -0.1) is 0 Å². The fraction of sp³-hybridized carbons (Fsp3) is 0.462. The Kier molecular flexibility index (Phi) is 4.17. The molecule has 1 aromatic rings. The smallest absolute Gasteiger partial charge is 0.0643 e. The topological polar surface area (TPSA) is 35.8 Å². The molecule has 0 aromatic heterocycles. The second kappa shape index (κ2) is 5.41. The minimum absolute atomic E-state index is 0.206. The molecule has 0 aliphatic heterocycles. The Labute approximate surface area is 91.9 Å². The van der Waals surface area contributed by atoms with Gasteiger partial charge in [-0.2, -0.15) is 5.26 Å². The van der Waals surface area contributed by atoms with E-state index in [0.717, 1.165) is 5.69 Å². The van der Waals surface area contributed by atoms with Gasteiger partial charge in [-0.3, -0.25) is 0 Å². The van der Waals surface area contributed by atoms with E-state index in [2.05, 4.69) is 43.4 Å². The molecular weight excluding hydrogens is 184 g/mol. The maximum absolute atomic E-state index is 8.57. The summed E-state index contributed by atoms with van der Waals surface area (Å²) in [5.41, 5.74) is 2.42. The normalized spacial score (nSPS) is 12.2. The van der Waals surface area contributed by atoms with Crippen molar-refractivity contribution < 1.29 is 0 Å². The van der Waals surface area contributed by atoms with E-state index < -0.39 is 0 Å². The summed E-state index contributed by atoms with van der Waals surface area (Å²) in [5.74, 6) is 0.540. The Hall–Kier alpha value is -1.49. The van der Waals surface area contributed by atoms with Crippen molar-refractivity contribution in [2.24, 2.45) is 0 Å². The van der Waals surface area contributed by atoms with Crippen LogP contribution in [0.15, 0.2) is 24.3 Å². The van der Waals surface area contributed by atoms with Crippen molar-refractivity contribution in [1.29, 1.82) is 5.26 Å². The number of hydrogen-bond acceptors (Lipinski definition) is 2. The summed E-state index contributed by atoms with van der Waals surface area (Å²) in [6, 6.07) is 10.7. The molecule has 0 bridgehead atoms. The molecule has 0 aliphatic carbocycles. The van der Waals surface area contributed by atoms with Crippen molar-refractivity contribution in [2.75, 3.05) is 5.32 Å². The van der Waals surface area contributed by atoms with Crippen LogP contribution in [0.1, 0.15) is 38.7 Å². The highest BCUT2D eigenvalue weighted by atomic mass is 14.9. The van der Waals surface area contributed by atoms with Gasteiger partial charge >= 0.3 is 0 Å². The predicted octanol–water partition coefficient (Wildman–Crippen LogP) is 3.52. The van der Waals surface area contributed by atoms with Crippen LogP contribution < -0.4 is 5.32 Å². The van der Waals surface area contributed by atoms with Crippen LogP contribution in [0.25, 0.3) is 0 Å². The van der Waals surface area contributed by atoms with E-state index in [1.54, 1.807) is 0 Å². The average molecular weight is 202 g/mol. The first-order valence-corrected chi connectivity index (χ1v) is 5.37. The molecular formula is C13H18N2. The van der Waals surface area contributed by atoms with E-state index in [4.69, 9.17) is 5.26 Å². The van der Waals surface area contributed by atoms with Crippen LogP contribution in [-0.2, 0) is 0 Å². The van der Waals surface area contributed by atoms with Crippen molar-refractivity contribution >= 4 is 5.69 Å². The van der Waals surface area contributed by atoms with Crippen LogP contribution in [0.5, 0.6) is 0 Å². The molecule has 0 radical (unpaired) electrons. The molecule has 0 aliphatic rings. The second-order valence-corrected chi connectivity index (χ2v) is 4.19. The monoisotopic (exact) mass is 202 g/mol. The molecule has 0 fully saturated rings. The lowest BCUT2D eigenvalue weighted by atomic mass is 10.0. The van der Waals surface area contributed by atoms with Gasteiger partial charge in [0.1, 0.15) is 0 Å². The van der Waals surface area contributed by atoms with Crippen LogP contribution in [0.4, 0.5) is 5.69 Å². The Morgan fingerprint density at radius 2 is 2.07 bits per heavy atom. The van der Waals surface area contributed by atoms with Gasteiger partial charge in [0, 0.05) is 11.7 Å². The molecule has 0 saturated carbocycles. The summed E-state index contributed by atoms with van der Waals surface area (Å²) in [4.78, 5) is 0. The predicted molar refractivity (Wildman–Crippen MR) is 63.8 cm³/mol. The minimum atomic E-state index is 0.206. The maximum Gasteiger partial charge on any atom is 0.0643 e. The summed E-state index contributed by atoms with van der Waals surface area (Å²) < 4.78 is 0. The summed E-state index contributed by atoms with van der Waals surface area (Å²) in [6.45, 7) is 6.38. The number of anilines is 1. The third-order valence-electron chi connectivity index (χ3n) is 2.36. The maximum atomic E-state index is 8.57. The Morgan fingerprint density at radius 1 is 1.33 bits per heavy atom. The molecule has 2 heteroatoms. The largest absolute Gasteiger partial charge is 0.382 e. The lowest BCUT2D eigenvalue weighted by molar-refractivity contribution is 0.818. The summed E-state index contributed by atoms with van der Waals surface area (Å²) in [5, 5.41) is 11.9. The zero-order valence-corrected chi connectivity index (χ0v) is 9.62. The molecule has 0 amide bonds. The van der Waals surface area contributed by atoms with E-state index >= 15 is 0 Å². The third-order valence-corrected chi connectivity index (χ3v) is 2.36. The van der Waals surface area contributed by atoms with Crippen LogP contribution in [0.3, 0.4) is 0 Å². The first-order chi connectivity index (χ1) is 7.13. The fourth-order valence-corrected chi connectivity index (χ4v) is 1.46. The van der Waals surface area contributed by atoms with E-state index in [-0.39, 0.29) is 6.04 Å². The molecule has 1 rings (SSSR count). The SMILES string of the molecule is CC(CC#N)Nc1cccc(C(C)C)c1. The number of nitrogens with one attached hydrogen (secondary N) is 1. The lowest BCUT2D eigenvalue weighted by Crippen LogP contribution is -2.14. The Morgan fingerprint density at radius 3 is 2.67 bits per heavy atom. The molecule has 80 valence electrons. The molecule has 2 nitrogen and oxygen atoms in total. The van der Waals surface area contributed by atoms with E-state index in [0.29, 0.717) is 12.3 Å². The minimum Gasteiger partial charge on any atom is -0.382 e. The van der Waals surface area contributed by atoms with Crippen molar-refractivity contribution in [3.63, 3.8) is 0 Å². The van der Waals surface area contributed by atoms with E-state index in [9.17, 15) is 0 Å². The van der Waals surface area contributed by atoms with Gasteiger partial charge in [-0.25, -0.2) is 0 Å². The van der Waals surface area contributed by atoms with E-state index in [1.807, 2.05) is 13.0 Å². The van der Waals surface area contributed by atoms with Gasteiger partial charge in [0.15, 0.2) is 0 Å². The van der Waals surface area contributed by atoms with Crippen molar-refractivity contribution in [1.82, 2.24) is 0 Å². The molecule has 1 atom stereocenters. The Bertz CT molecular complexity index is 350. The first kappa shape index (κ1) is 11.6. The summed E-state index contributed by atoms with van der Waals surface area (Å²) in [7, 11) is 0. The van der Waals surface area contributed by atoms with Gasteiger partial charge < -0.3 is 5.32 Å². The second-order valence-electron chi connectivity index (χ2n) is 4.19. The van der Waals surface area contributed by atoms with E-state index in [1.165, 1.54) is 5.56 Å². The van der Waals surface area contributed by atoms with Crippen LogP contribution >= 0.6 is 0 Å². The van der Waals surface area contributed by atoms with Gasteiger partial charge in [-0.1, -0.05) is 26.0 Å². The fourth-order valence-electron chi connectivity index (χ4n) is 1.46. The highest BCUT2D eigenvalue weighted by Crippen LogP contribution is 2.19. The van der Waals surface area contributed by atoms with Crippen molar-refractivity contribution in [3.8, 4) is 6.07 Å². The molecule has 15 heavy (non-hydrogen) atoms. The number of nitriles is 1. The van der Waals surface area contributed by atoms with Crippen molar-refractivity contribution in [3.05, 3.63) is 29.8 Å². The average Bonchev–Trinajstić information content (AvgIpc) is 2.18. The highest BCUT2D eigenvalue weighted by Gasteiger charge is 2.03. The summed E-state index contributed by atoms with van der Waals surface area (Å²) in [6.07, 6.45) is 0.534. The zero-order chi connectivity index (χ0) is 11.3. The molecule has 0 saturated heterocycles. The number of rotatable bonds is 4. The van der Waals surface area contributed by atoms with Gasteiger partial charge in [0.25, 0.3) is 0 Å². The number of hydrogen-bond donors (Lipinski definition) is 1. The molecule has 0 spiro atoms. The molecule has 1 N–H and O–H groups in total. The first-order valence-electron chi connectivity index (χ1n) is 5.37. The molecule has 1 aromatic carbocycles. The molecule has 0 heterocycles. The molecule has 1 unspecified atom stereocenters. The number of benzene rings is 1. The van der Waals surface area contributed by atoms with Gasteiger partial charge in [0.2, 0.25) is 0 Å². The lowest BCUT2D eigenvalue weighted by Gasteiger charge is -2.14. The standard InChI is InChI=1S/C13H18N2/c1-10(2)12-5-4-6-13(9-12)15-11(3)7-8-14/h4-6,9-11,15H,7H2,1-3H3. The number of nitrogens with zero attached hydrogens (tertiary/aromatic N) is 1. The van der Waals surface area contributed by atoms with Crippen molar-refractivity contribution in [2.45, 2.75) is 39.2 Å². The summed E-state index contributed by atoms with van der Waals surface area (Å²) >= 11 is 0.